The van der Waals surface area contributed by atoms with Crippen molar-refractivity contribution in [2.45, 2.75) is 12.5 Å². The molecule has 0 saturated heterocycles. The number of aliphatic carboxylic acids is 1. The van der Waals surface area contributed by atoms with Crippen molar-refractivity contribution in [2.75, 3.05) is 31.3 Å². The van der Waals surface area contributed by atoms with Crippen molar-refractivity contribution in [3.63, 3.8) is 0 Å². The number of carboxylic acid groups (broad SMARTS) is 1. The molecule has 0 aromatic heterocycles. The zero-order valence-electron chi connectivity index (χ0n) is 14.8. The summed E-state index contributed by atoms with van der Waals surface area (Å²) in [6.45, 7) is -0.995. The van der Waals surface area contributed by atoms with E-state index >= 15 is 0 Å². The van der Waals surface area contributed by atoms with Crippen LogP contribution in [0.5, 0.6) is 0 Å². The van der Waals surface area contributed by atoms with Crippen LogP contribution in [0.3, 0.4) is 0 Å². The van der Waals surface area contributed by atoms with Gasteiger partial charge >= 0.3 is 5.97 Å². The minimum atomic E-state index is -1.14. The predicted molar refractivity (Wildman–Crippen MR) is 99.6 cm³/mol. The fourth-order valence-corrected chi connectivity index (χ4v) is 2.68. The topological polar surface area (TPSA) is 69.6 Å². The quantitative estimate of drug-likeness (QED) is 0.669. The molecular weight excluding hydrogens is 354 g/mol. The number of carboxylic acids is 1. The van der Waals surface area contributed by atoms with E-state index < -0.39 is 31.3 Å². The Morgan fingerprint density at radius 2 is 1.56 bits per heavy atom. The number of hydrogen-bond donors (Lipinski definition) is 2. The van der Waals surface area contributed by atoms with Gasteiger partial charge in [-0.1, -0.05) is 30.3 Å². The molecule has 1 atom stereocenters. The third-order valence-corrected chi connectivity index (χ3v) is 4.09. The highest BCUT2D eigenvalue weighted by Gasteiger charge is 2.21. The van der Waals surface area contributed by atoms with E-state index in [0.29, 0.717) is 16.8 Å². The number of carbonyl (C=O) groups excluding carboxylic acids is 1. The van der Waals surface area contributed by atoms with Crippen LogP contribution in [0.25, 0.3) is 0 Å². The van der Waals surface area contributed by atoms with E-state index in [2.05, 4.69) is 5.32 Å². The van der Waals surface area contributed by atoms with E-state index in [9.17, 15) is 23.5 Å². The third kappa shape index (κ3) is 6.06. The number of nitrogens with zero attached hydrogens (tertiary/aromatic N) is 1. The molecule has 0 heterocycles. The highest BCUT2D eigenvalue weighted by atomic mass is 19.1. The lowest BCUT2D eigenvalue weighted by atomic mass is 10.0. The summed E-state index contributed by atoms with van der Waals surface area (Å²) >= 11 is 0. The predicted octanol–water partition coefficient (Wildman–Crippen LogP) is 2.86. The lowest BCUT2D eigenvalue weighted by Gasteiger charge is -2.22. The van der Waals surface area contributed by atoms with E-state index in [-0.39, 0.29) is 19.5 Å². The van der Waals surface area contributed by atoms with Gasteiger partial charge in [0.25, 0.3) is 5.91 Å². The van der Waals surface area contributed by atoms with Crippen LogP contribution >= 0.6 is 0 Å². The van der Waals surface area contributed by atoms with Crippen molar-refractivity contribution in [2.24, 2.45) is 0 Å². The van der Waals surface area contributed by atoms with Crippen LogP contribution in [0.1, 0.15) is 15.9 Å². The van der Waals surface area contributed by atoms with Gasteiger partial charge in [0, 0.05) is 30.8 Å². The fourth-order valence-electron chi connectivity index (χ4n) is 2.68. The Kier molecular flexibility index (Phi) is 7.73. The Morgan fingerprint density at radius 3 is 2.07 bits per heavy atom. The average Bonchev–Trinajstić information content (AvgIpc) is 2.68. The van der Waals surface area contributed by atoms with Crippen LogP contribution in [0.2, 0.25) is 0 Å². The molecule has 1 amide bonds. The van der Waals surface area contributed by atoms with Crippen LogP contribution in [-0.2, 0) is 11.2 Å². The Hall–Kier alpha value is -2.96. The van der Waals surface area contributed by atoms with Crippen molar-refractivity contribution in [3.05, 3.63) is 65.7 Å². The normalized spacial score (nSPS) is 11.6. The molecule has 0 aliphatic carbocycles. The Balaban J connectivity index is 2.05. The zero-order valence-corrected chi connectivity index (χ0v) is 14.8. The van der Waals surface area contributed by atoms with Gasteiger partial charge < -0.3 is 15.3 Å². The number of nitrogens with one attached hydrogen (secondary N) is 1. The van der Waals surface area contributed by atoms with Crippen LogP contribution in [0.4, 0.5) is 14.5 Å². The molecule has 2 aromatic rings. The second-order valence-electron chi connectivity index (χ2n) is 5.97. The first-order chi connectivity index (χ1) is 13.0. The average molecular weight is 376 g/mol. The molecular formula is C20H22F2N2O3. The van der Waals surface area contributed by atoms with Crippen molar-refractivity contribution in [3.8, 4) is 0 Å². The minimum Gasteiger partial charge on any atom is -0.480 e. The maximum absolute atomic E-state index is 12.6. The Morgan fingerprint density at radius 1 is 0.963 bits per heavy atom. The molecule has 0 bridgehead atoms. The summed E-state index contributed by atoms with van der Waals surface area (Å²) < 4.78 is 25.2. The summed E-state index contributed by atoms with van der Waals surface area (Å²) in [4.78, 5) is 25.3. The van der Waals surface area contributed by atoms with E-state index in [0.717, 1.165) is 0 Å². The first kappa shape index (κ1) is 20.4. The lowest BCUT2D eigenvalue weighted by molar-refractivity contribution is -0.139. The number of rotatable bonds is 10. The number of anilines is 1. The van der Waals surface area contributed by atoms with E-state index in [1.54, 1.807) is 59.5 Å². The molecule has 0 aliphatic rings. The zero-order chi connectivity index (χ0) is 19.6. The highest BCUT2D eigenvalue weighted by molar-refractivity contribution is 5.96. The van der Waals surface area contributed by atoms with Gasteiger partial charge in [0.05, 0.1) is 0 Å². The first-order valence-corrected chi connectivity index (χ1v) is 8.59. The van der Waals surface area contributed by atoms with Gasteiger partial charge in [-0.25, -0.2) is 13.6 Å². The van der Waals surface area contributed by atoms with E-state index in [4.69, 9.17) is 0 Å². The number of alkyl halides is 2. The third-order valence-electron chi connectivity index (χ3n) is 4.09. The molecule has 0 saturated carbocycles. The van der Waals surface area contributed by atoms with Gasteiger partial charge in [0.1, 0.15) is 19.4 Å². The highest BCUT2D eigenvalue weighted by Crippen LogP contribution is 2.16. The molecule has 144 valence electrons. The fraction of sp³-hybridized carbons (Fsp3) is 0.300. The number of amides is 1. The molecule has 2 N–H and O–H groups in total. The summed E-state index contributed by atoms with van der Waals surface area (Å²) in [6, 6.07) is 14.1. The summed E-state index contributed by atoms with van der Waals surface area (Å²) in [5.74, 6) is -1.60. The van der Waals surface area contributed by atoms with Crippen molar-refractivity contribution in [1.82, 2.24) is 5.32 Å². The molecule has 1 unspecified atom stereocenters. The van der Waals surface area contributed by atoms with Crippen molar-refractivity contribution in [1.29, 1.82) is 0 Å². The monoisotopic (exact) mass is 376 g/mol. The molecule has 0 fully saturated rings. The number of halogens is 2. The van der Waals surface area contributed by atoms with Gasteiger partial charge in [-0.2, -0.15) is 0 Å². The van der Waals surface area contributed by atoms with Crippen LogP contribution in [0, 0.1) is 0 Å². The smallest absolute Gasteiger partial charge is 0.326 e. The number of benzene rings is 2. The van der Waals surface area contributed by atoms with Crippen LogP contribution in [0.15, 0.2) is 54.6 Å². The van der Waals surface area contributed by atoms with Gasteiger partial charge in [-0.05, 0) is 29.8 Å². The first-order valence-electron chi connectivity index (χ1n) is 8.59. The Labute approximate surface area is 156 Å². The molecule has 0 spiro atoms. The SMILES string of the molecule is O=C(NC(Cc1ccc(N(CCF)CCF)cc1)C(=O)O)c1ccccc1. The van der Waals surface area contributed by atoms with Gasteiger partial charge in [-0.15, -0.1) is 0 Å². The molecule has 27 heavy (non-hydrogen) atoms. The molecule has 5 nitrogen and oxygen atoms in total. The molecule has 0 radical (unpaired) electrons. The number of carbonyl (C=O) groups is 2. The molecule has 0 aliphatic heterocycles. The van der Waals surface area contributed by atoms with Gasteiger partial charge in [0.15, 0.2) is 0 Å². The van der Waals surface area contributed by atoms with Gasteiger partial charge in [0.2, 0.25) is 0 Å². The Bertz CT molecular complexity index is 733. The van der Waals surface area contributed by atoms with Crippen molar-refractivity contribution >= 4 is 17.6 Å². The van der Waals surface area contributed by atoms with E-state index in [1.807, 2.05) is 0 Å². The van der Waals surface area contributed by atoms with Crippen LogP contribution in [-0.4, -0.2) is 49.5 Å². The summed E-state index contributed by atoms with van der Waals surface area (Å²) in [7, 11) is 0. The van der Waals surface area contributed by atoms with Gasteiger partial charge in [-0.3, -0.25) is 4.79 Å². The molecule has 2 aromatic carbocycles. The second kappa shape index (κ2) is 10.3. The minimum absolute atomic E-state index is 0.0914. The summed E-state index contributed by atoms with van der Waals surface area (Å²) in [6.07, 6.45) is 0.0976. The molecule has 7 heteroatoms. The lowest BCUT2D eigenvalue weighted by Crippen LogP contribution is -2.42. The second-order valence-corrected chi connectivity index (χ2v) is 5.97. The number of hydrogen-bond acceptors (Lipinski definition) is 3. The van der Waals surface area contributed by atoms with Crippen molar-refractivity contribution < 1.29 is 23.5 Å². The maximum Gasteiger partial charge on any atom is 0.326 e. The summed E-state index contributed by atoms with van der Waals surface area (Å²) in [5, 5.41) is 11.9. The molecule has 2 rings (SSSR count). The van der Waals surface area contributed by atoms with E-state index in [1.165, 1.54) is 0 Å². The standard InChI is InChI=1S/C20H22F2N2O3/c21-10-12-24(13-11-22)17-8-6-15(7-9-17)14-18(20(26)27)23-19(25)16-4-2-1-3-5-16/h1-9,18H,10-14H2,(H,23,25)(H,26,27). The maximum atomic E-state index is 12.6. The van der Waals surface area contributed by atoms with Crippen LogP contribution < -0.4 is 10.2 Å². The summed E-state index contributed by atoms with van der Waals surface area (Å²) in [5.41, 5.74) is 1.74. The largest absolute Gasteiger partial charge is 0.480 e.